The third-order valence-corrected chi connectivity index (χ3v) is 5.60. The molecule has 0 unspecified atom stereocenters. The summed E-state index contributed by atoms with van der Waals surface area (Å²) in [5.74, 6) is -1.50. The molecule has 0 atom stereocenters. The van der Waals surface area contributed by atoms with Gasteiger partial charge in [0.1, 0.15) is 11.6 Å². The number of carbonyl (C=O) groups excluding carboxylic acids is 2. The van der Waals surface area contributed by atoms with Gasteiger partial charge >= 0.3 is 0 Å². The molecule has 0 bridgehead atoms. The molecule has 2 heterocycles. The van der Waals surface area contributed by atoms with Gasteiger partial charge < -0.3 is 24.8 Å². The lowest BCUT2D eigenvalue weighted by Gasteiger charge is -2.26. The van der Waals surface area contributed by atoms with Gasteiger partial charge in [-0.05, 0) is 23.3 Å². The molecule has 1 aromatic heterocycles. The van der Waals surface area contributed by atoms with E-state index in [9.17, 15) is 19.1 Å². The monoisotopic (exact) mass is 494 g/mol. The summed E-state index contributed by atoms with van der Waals surface area (Å²) < 4.78 is 24.1. The fourth-order valence-corrected chi connectivity index (χ4v) is 3.67. The van der Waals surface area contributed by atoms with Gasteiger partial charge in [0, 0.05) is 26.1 Å². The summed E-state index contributed by atoms with van der Waals surface area (Å²) in [6.07, 6.45) is 0.395. The molecule has 1 fully saturated rings. The van der Waals surface area contributed by atoms with Crippen molar-refractivity contribution in [2.75, 3.05) is 32.9 Å². The quantitative estimate of drug-likeness (QED) is 0.470. The van der Waals surface area contributed by atoms with Crippen LogP contribution in [0, 0.1) is 5.82 Å². The predicted molar refractivity (Wildman–Crippen MR) is 128 cm³/mol. The Bertz CT molecular complexity index is 1180. The highest BCUT2D eigenvalue weighted by atomic mass is 19.1. The lowest BCUT2D eigenvalue weighted by Crippen LogP contribution is -2.41. The molecule has 0 aliphatic carbocycles. The number of morpholine rings is 1. The van der Waals surface area contributed by atoms with Gasteiger partial charge in [-0.15, -0.1) is 0 Å². The SMILES string of the molecule is O=C(NCc1ccc(F)cc1)c1nc(Cc2ccccc2)nc(OCCC(=O)N2CCOCC2)c1O. The number of carbonyl (C=O) groups is 2. The highest BCUT2D eigenvalue weighted by Crippen LogP contribution is 2.28. The molecule has 3 aromatic rings. The van der Waals surface area contributed by atoms with E-state index in [2.05, 4.69) is 15.3 Å². The third-order valence-electron chi connectivity index (χ3n) is 5.60. The molecule has 36 heavy (non-hydrogen) atoms. The Hall–Kier alpha value is -4.05. The van der Waals surface area contributed by atoms with E-state index in [1.54, 1.807) is 17.0 Å². The molecule has 4 rings (SSSR count). The first-order valence-electron chi connectivity index (χ1n) is 11.6. The zero-order valence-electron chi connectivity index (χ0n) is 19.7. The van der Waals surface area contributed by atoms with Crippen LogP contribution in [-0.2, 0) is 22.5 Å². The van der Waals surface area contributed by atoms with E-state index >= 15 is 0 Å². The number of aromatic hydroxyl groups is 1. The number of hydrogen-bond donors (Lipinski definition) is 2. The van der Waals surface area contributed by atoms with Crippen molar-refractivity contribution in [2.45, 2.75) is 19.4 Å². The van der Waals surface area contributed by atoms with Crippen LogP contribution < -0.4 is 10.1 Å². The standard InChI is InChI=1S/C26H27FN4O5/c27-20-8-6-19(7-9-20)17-28-25(34)23-24(33)26(30-21(29-23)16-18-4-2-1-3-5-18)36-13-10-22(32)31-11-14-35-15-12-31/h1-9,33H,10-17H2,(H,28,34). The number of ether oxygens (including phenoxy) is 2. The normalized spacial score (nSPS) is 13.3. The molecular weight excluding hydrogens is 467 g/mol. The summed E-state index contributed by atoms with van der Waals surface area (Å²) in [5, 5.41) is 13.4. The van der Waals surface area contributed by atoms with Crippen LogP contribution in [0.1, 0.15) is 33.9 Å². The zero-order valence-corrected chi connectivity index (χ0v) is 19.7. The molecule has 0 saturated carbocycles. The Morgan fingerprint density at radius 2 is 1.75 bits per heavy atom. The Balaban J connectivity index is 1.48. The smallest absolute Gasteiger partial charge is 0.274 e. The van der Waals surface area contributed by atoms with Crippen LogP contribution in [0.25, 0.3) is 0 Å². The largest absolute Gasteiger partial charge is 0.501 e. The average molecular weight is 495 g/mol. The maximum absolute atomic E-state index is 13.1. The van der Waals surface area contributed by atoms with Crippen LogP contribution in [0.4, 0.5) is 4.39 Å². The van der Waals surface area contributed by atoms with Crippen molar-refractivity contribution in [3.8, 4) is 11.6 Å². The van der Waals surface area contributed by atoms with E-state index < -0.39 is 11.7 Å². The number of benzene rings is 2. The lowest BCUT2D eigenvalue weighted by atomic mass is 10.1. The zero-order chi connectivity index (χ0) is 25.3. The minimum Gasteiger partial charge on any atom is -0.501 e. The van der Waals surface area contributed by atoms with Crippen LogP contribution in [0.3, 0.4) is 0 Å². The molecule has 188 valence electrons. The minimum atomic E-state index is -0.636. The van der Waals surface area contributed by atoms with Gasteiger partial charge in [-0.2, -0.15) is 4.98 Å². The Kier molecular flexibility index (Phi) is 8.40. The second-order valence-electron chi connectivity index (χ2n) is 8.21. The Labute approximate surface area is 207 Å². The number of nitrogens with zero attached hydrogens (tertiary/aromatic N) is 3. The molecule has 9 nitrogen and oxygen atoms in total. The van der Waals surface area contributed by atoms with E-state index in [0.29, 0.717) is 38.3 Å². The van der Waals surface area contributed by atoms with E-state index in [1.165, 1.54) is 12.1 Å². The van der Waals surface area contributed by atoms with Crippen molar-refractivity contribution in [3.05, 3.63) is 83.1 Å². The molecule has 2 amide bonds. The second-order valence-corrected chi connectivity index (χ2v) is 8.21. The van der Waals surface area contributed by atoms with Crippen molar-refractivity contribution >= 4 is 11.8 Å². The van der Waals surface area contributed by atoms with Gasteiger partial charge in [0.05, 0.1) is 26.2 Å². The lowest BCUT2D eigenvalue weighted by molar-refractivity contribution is -0.135. The minimum absolute atomic E-state index is 0.0256. The van der Waals surface area contributed by atoms with Gasteiger partial charge in [0.25, 0.3) is 11.8 Å². The van der Waals surface area contributed by atoms with Crippen LogP contribution >= 0.6 is 0 Å². The molecule has 0 spiro atoms. The number of aromatic nitrogens is 2. The first-order valence-corrected chi connectivity index (χ1v) is 11.6. The molecule has 1 aliphatic heterocycles. The first-order chi connectivity index (χ1) is 17.5. The van der Waals surface area contributed by atoms with Gasteiger partial charge in [0.2, 0.25) is 11.7 Å². The topological polar surface area (TPSA) is 114 Å². The molecule has 1 aliphatic rings. The number of rotatable bonds is 9. The average Bonchev–Trinajstić information content (AvgIpc) is 2.90. The van der Waals surface area contributed by atoms with E-state index in [0.717, 1.165) is 5.56 Å². The van der Waals surface area contributed by atoms with E-state index in [-0.39, 0.29) is 48.7 Å². The van der Waals surface area contributed by atoms with Crippen molar-refractivity contribution in [1.82, 2.24) is 20.2 Å². The van der Waals surface area contributed by atoms with Gasteiger partial charge in [-0.25, -0.2) is 9.37 Å². The molecule has 2 aromatic carbocycles. The molecular formula is C26H27FN4O5. The summed E-state index contributed by atoms with van der Waals surface area (Å²) in [6.45, 7) is 2.13. The summed E-state index contributed by atoms with van der Waals surface area (Å²) >= 11 is 0. The maximum Gasteiger partial charge on any atom is 0.274 e. The van der Waals surface area contributed by atoms with Crippen LogP contribution in [0.15, 0.2) is 54.6 Å². The highest BCUT2D eigenvalue weighted by molar-refractivity contribution is 5.95. The number of halogens is 1. The highest BCUT2D eigenvalue weighted by Gasteiger charge is 2.22. The van der Waals surface area contributed by atoms with Crippen molar-refractivity contribution < 1.29 is 28.6 Å². The van der Waals surface area contributed by atoms with Crippen LogP contribution in [0.5, 0.6) is 11.6 Å². The first kappa shape index (κ1) is 25.1. The van der Waals surface area contributed by atoms with Crippen molar-refractivity contribution in [3.63, 3.8) is 0 Å². The number of hydrogen-bond acceptors (Lipinski definition) is 7. The van der Waals surface area contributed by atoms with Crippen LogP contribution in [-0.4, -0.2) is 64.7 Å². The van der Waals surface area contributed by atoms with Gasteiger partial charge in [0.15, 0.2) is 5.69 Å². The summed E-state index contributed by atoms with van der Waals surface area (Å²) in [6, 6.07) is 15.1. The number of amides is 2. The molecule has 1 saturated heterocycles. The summed E-state index contributed by atoms with van der Waals surface area (Å²) in [4.78, 5) is 35.6. The van der Waals surface area contributed by atoms with Gasteiger partial charge in [-0.1, -0.05) is 42.5 Å². The second kappa shape index (κ2) is 12.1. The van der Waals surface area contributed by atoms with Crippen molar-refractivity contribution in [2.24, 2.45) is 0 Å². The third kappa shape index (κ3) is 6.76. The summed E-state index contributed by atoms with van der Waals surface area (Å²) in [7, 11) is 0. The maximum atomic E-state index is 13.1. The summed E-state index contributed by atoms with van der Waals surface area (Å²) in [5.41, 5.74) is 1.35. The van der Waals surface area contributed by atoms with E-state index in [4.69, 9.17) is 9.47 Å². The number of nitrogens with one attached hydrogen (secondary N) is 1. The fraction of sp³-hybridized carbons (Fsp3) is 0.308. The van der Waals surface area contributed by atoms with E-state index in [1.807, 2.05) is 30.3 Å². The molecule has 10 heteroatoms. The molecule has 0 radical (unpaired) electrons. The predicted octanol–water partition coefficient (Wildman–Crippen LogP) is 2.47. The molecule has 2 N–H and O–H groups in total. The fourth-order valence-electron chi connectivity index (χ4n) is 3.67. The van der Waals surface area contributed by atoms with Crippen LogP contribution in [0.2, 0.25) is 0 Å². The Morgan fingerprint density at radius 3 is 2.47 bits per heavy atom. The Morgan fingerprint density at radius 1 is 1.03 bits per heavy atom. The van der Waals surface area contributed by atoms with Gasteiger partial charge in [-0.3, -0.25) is 9.59 Å². The van der Waals surface area contributed by atoms with Crippen molar-refractivity contribution in [1.29, 1.82) is 0 Å².